The minimum Gasteiger partial charge on any atom is -0.368 e. The van der Waals surface area contributed by atoms with E-state index >= 15 is 0 Å². The standard InChI is InChI=1S/C21H25FN6/c1-23-21(24-10-9-18-16-28-11-3-2-4-20(28)25-18)27-14-12-26(13-15-27)19-7-5-17(22)6-8-19/h2-8,11,16H,9-10,12-15H2,1H3,(H,23,24). The van der Waals surface area contributed by atoms with Gasteiger partial charge in [0.1, 0.15) is 11.5 Å². The molecule has 1 aliphatic rings. The van der Waals surface area contributed by atoms with Crippen molar-refractivity contribution in [2.75, 3.05) is 44.7 Å². The summed E-state index contributed by atoms with van der Waals surface area (Å²) in [5, 5.41) is 3.45. The molecule has 146 valence electrons. The zero-order chi connectivity index (χ0) is 19.3. The number of nitrogens with zero attached hydrogens (tertiary/aromatic N) is 5. The van der Waals surface area contributed by atoms with Crippen LogP contribution in [0.4, 0.5) is 10.1 Å². The first-order valence-electron chi connectivity index (χ1n) is 9.61. The Kier molecular flexibility index (Phi) is 5.41. The van der Waals surface area contributed by atoms with Crippen molar-refractivity contribution in [2.45, 2.75) is 6.42 Å². The van der Waals surface area contributed by atoms with Crippen LogP contribution in [0.2, 0.25) is 0 Å². The lowest BCUT2D eigenvalue weighted by Crippen LogP contribution is -2.52. The molecule has 0 spiro atoms. The number of pyridine rings is 1. The molecular weight excluding hydrogens is 355 g/mol. The maximum atomic E-state index is 13.1. The number of piperazine rings is 1. The fraction of sp³-hybridized carbons (Fsp3) is 0.333. The number of hydrogen-bond acceptors (Lipinski definition) is 3. The molecule has 0 saturated carbocycles. The quantitative estimate of drug-likeness (QED) is 0.558. The summed E-state index contributed by atoms with van der Waals surface area (Å²) in [4.78, 5) is 13.6. The van der Waals surface area contributed by atoms with Gasteiger partial charge < -0.3 is 19.5 Å². The molecule has 0 atom stereocenters. The summed E-state index contributed by atoms with van der Waals surface area (Å²) >= 11 is 0. The lowest BCUT2D eigenvalue weighted by atomic mass is 10.2. The Morgan fingerprint density at radius 3 is 2.61 bits per heavy atom. The van der Waals surface area contributed by atoms with Gasteiger partial charge in [-0.2, -0.15) is 0 Å². The van der Waals surface area contributed by atoms with Gasteiger partial charge in [0.05, 0.1) is 5.69 Å². The Morgan fingerprint density at radius 1 is 1.11 bits per heavy atom. The highest BCUT2D eigenvalue weighted by molar-refractivity contribution is 5.80. The number of guanidine groups is 1. The molecule has 6 nitrogen and oxygen atoms in total. The van der Waals surface area contributed by atoms with Gasteiger partial charge in [0.25, 0.3) is 0 Å². The number of aromatic nitrogens is 2. The Hall–Kier alpha value is -3.09. The van der Waals surface area contributed by atoms with Gasteiger partial charge in [-0.1, -0.05) is 6.07 Å². The summed E-state index contributed by atoms with van der Waals surface area (Å²) in [6.45, 7) is 4.32. The van der Waals surface area contributed by atoms with Crippen molar-refractivity contribution >= 4 is 17.3 Å². The summed E-state index contributed by atoms with van der Waals surface area (Å²) in [5.74, 6) is 0.722. The van der Waals surface area contributed by atoms with E-state index in [1.54, 1.807) is 0 Å². The number of anilines is 1. The van der Waals surface area contributed by atoms with Gasteiger partial charge in [-0.05, 0) is 36.4 Å². The summed E-state index contributed by atoms with van der Waals surface area (Å²) in [5.41, 5.74) is 3.10. The maximum Gasteiger partial charge on any atom is 0.193 e. The van der Waals surface area contributed by atoms with Crippen molar-refractivity contribution in [3.8, 4) is 0 Å². The Morgan fingerprint density at radius 2 is 1.89 bits per heavy atom. The highest BCUT2D eigenvalue weighted by atomic mass is 19.1. The Bertz CT molecular complexity index is 908. The molecule has 1 N–H and O–H groups in total. The number of aliphatic imine (C=N–C) groups is 1. The van der Waals surface area contributed by atoms with Gasteiger partial charge in [0, 0.05) is 64.3 Å². The molecule has 28 heavy (non-hydrogen) atoms. The third-order valence-corrected chi connectivity index (χ3v) is 5.06. The second kappa shape index (κ2) is 8.29. The van der Waals surface area contributed by atoms with Gasteiger partial charge in [0.15, 0.2) is 5.96 Å². The van der Waals surface area contributed by atoms with E-state index < -0.39 is 0 Å². The predicted octanol–water partition coefficient (Wildman–Crippen LogP) is 2.41. The summed E-state index contributed by atoms with van der Waals surface area (Å²) in [7, 11) is 1.82. The molecular formula is C21H25FN6. The lowest BCUT2D eigenvalue weighted by Gasteiger charge is -2.37. The van der Waals surface area contributed by atoms with Gasteiger partial charge in [-0.3, -0.25) is 4.99 Å². The zero-order valence-corrected chi connectivity index (χ0v) is 16.1. The second-order valence-electron chi connectivity index (χ2n) is 6.87. The first-order valence-corrected chi connectivity index (χ1v) is 9.61. The van der Waals surface area contributed by atoms with Crippen LogP contribution in [0.1, 0.15) is 5.69 Å². The van der Waals surface area contributed by atoms with Crippen molar-refractivity contribution in [1.82, 2.24) is 19.6 Å². The predicted molar refractivity (Wildman–Crippen MR) is 110 cm³/mol. The van der Waals surface area contributed by atoms with Crippen LogP contribution in [-0.2, 0) is 6.42 Å². The van der Waals surface area contributed by atoms with E-state index in [4.69, 9.17) is 0 Å². The van der Waals surface area contributed by atoms with E-state index in [-0.39, 0.29) is 5.82 Å². The van der Waals surface area contributed by atoms with E-state index in [9.17, 15) is 4.39 Å². The van der Waals surface area contributed by atoms with Crippen LogP contribution in [0.5, 0.6) is 0 Å². The summed E-state index contributed by atoms with van der Waals surface area (Å²) < 4.78 is 15.2. The van der Waals surface area contributed by atoms with Gasteiger partial charge in [-0.15, -0.1) is 0 Å². The number of halogens is 1. The van der Waals surface area contributed by atoms with Gasteiger partial charge in [-0.25, -0.2) is 9.37 Å². The molecule has 3 heterocycles. The minimum atomic E-state index is -0.197. The molecule has 0 bridgehead atoms. The molecule has 1 aliphatic heterocycles. The zero-order valence-electron chi connectivity index (χ0n) is 16.1. The van der Waals surface area contributed by atoms with E-state index in [0.29, 0.717) is 0 Å². The van der Waals surface area contributed by atoms with Crippen molar-refractivity contribution in [2.24, 2.45) is 4.99 Å². The van der Waals surface area contributed by atoms with Crippen molar-refractivity contribution in [3.05, 3.63) is 66.4 Å². The molecule has 7 heteroatoms. The lowest BCUT2D eigenvalue weighted by molar-refractivity contribution is 0.373. The molecule has 0 radical (unpaired) electrons. The maximum absolute atomic E-state index is 13.1. The van der Waals surface area contributed by atoms with E-state index in [2.05, 4.69) is 31.3 Å². The normalized spacial score (nSPS) is 15.3. The molecule has 4 rings (SSSR count). The molecule has 1 saturated heterocycles. The molecule has 3 aromatic rings. The fourth-order valence-corrected chi connectivity index (χ4v) is 3.57. The first kappa shape index (κ1) is 18.3. The fourth-order valence-electron chi connectivity index (χ4n) is 3.57. The number of benzene rings is 1. The van der Waals surface area contributed by atoms with Gasteiger partial charge in [0.2, 0.25) is 0 Å². The SMILES string of the molecule is CN=C(NCCc1cn2ccccc2n1)N1CCN(c2ccc(F)cc2)CC1. The Balaban J connectivity index is 1.28. The topological polar surface area (TPSA) is 48.2 Å². The summed E-state index contributed by atoms with van der Waals surface area (Å²) in [6.07, 6.45) is 4.93. The van der Waals surface area contributed by atoms with Crippen LogP contribution < -0.4 is 10.2 Å². The largest absolute Gasteiger partial charge is 0.368 e. The highest BCUT2D eigenvalue weighted by Crippen LogP contribution is 2.17. The van der Waals surface area contributed by atoms with Crippen LogP contribution in [0.3, 0.4) is 0 Å². The van der Waals surface area contributed by atoms with E-state index in [1.165, 1.54) is 12.1 Å². The second-order valence-corrected chi connectivity index (χ2v) is 6.87. The van der Waals surface area contributed by atoms with Crippen LogP contribution >= 0.6 is 0 Å². The van der Waals surface area contributed by atoms with Crippen molar-refractivity contribution < 1.29 is 4.39 Å². The van der Waals surface area contributed by atoms with Crippen LogP contribution in [0, 0.1) is 5.82 Å². The number of rotatable bonds is 4. The molecule has 1 aromatic carbocycles. The number of hydrogen-bond donors (Lipinski definition) is 1. The monoisotopic (exact) mass is 380 g/mol. The average molecular weight is 380 g/mol. The number of fused-ring (bicyclic) bond motifs is 1. The molecule has 2 aromatic heterocycles. The van der Waals surface area contributed by atoms with Crippen molar-refractivity contribution in [1.29, 1.82) is 0 Å². The molecule has 0 unspecified atom stereocenters. The summed E-state index contributed by atoms with van der Waals surface area (Å²) in [6, 6.07) is 12.7. The third kappa shape index (κ3) is 4.08. The smallest absolute Gasteiger partial charge is 0.193 e. The molecule has 0 amide bonds. The van der Waals surface area contributed by atoms with Crippen LogP contribution in [-0.4, -0.2) is 60.0 Å². The Labute approximate surface area is 164 Å². The minimum absolute atomic E-state index is 0.197. The molecule has 1 fully saturated rings. The van der Waals surface area contributed by atoms with Crippen molar-refractivity contribution in [3.63, 3.8) is 0 Å². The molecule has 0 aliphatic carbocycles. The number of imidazole rings is 1. The highest BCUT2D eigenvalue weighted by Gasteiger charge is 2.19. The van der Waals surface area contributed by atoms with Gasteiger partial charge >= 0.3 is 0 Å². The van der Waals surface area contributed by atoms with Crippen LogP contribution in [0.25, 0.3) is 5.65 Å². The van der Waals surface area contributed by atoms with E-state index in [1.807, 2.05) is 48.0 Å². The number of nitrogens with one attached hydrogen (secondary N) is 1. The van der Waals surface area contributed by atoms with Crippen LogP contribution in [0.15, 0.2) is 59.9 Å². The third-order valence-electron chi connectivity index (χ3n) is 5.06. The van der Waals surface area contributed by atoms with E-state index in [0.717, 1.165) is 62.1 Å². The first-order chi connectivity index (χ1) is 13.7. The average Bonchev–Trinajstić information content (AvgIpc) is 3.15.